The van der Waals surface area contributed by atoms with Gasteiger partial charge in [0.2, 0.25) is 0 Å². The van der Waals surface area contributed by atoms with Crippen molar-refractivity contribution < 1.29 is 4.84 Å². The highest BCUT2D eigenvalue weighted by Gasteiger charge is 2.13. The Kier molecular flexibility index (Phi) is 5.03. The lowest BCUT2D eigenvalue weighted by molar-refractivity contribution is 0.150. The van der Waals surface area contributed by atoms with E-state index in [1.165, 1.54) is 5.56 Å². The number of benzene rings is 2. The fourth-order valence-electron chi connectivity index (χ4n) is 2.11. The van der Waals surface area contributed by atoms with Crippen molar-refractivity contribution in [1.29, 1.82) is 0 Å². The highest BCUT2D eigenvalue weighted by atomic mass is 16.7. The number of hydrogen-bond acceptors (Lipinski definition) is 5. The Labute approximate surface area is 125 Å². The normalized spacial score (nSPS) is 10.6. The van der Waals surface area contributed by atoms with Crippen molar-refractivity contribution in [3.63, 3.8) is 0 Å². The molecule has 0 aromatic heterocycles. The van der Waals surface area contributed by atoms with Gasteiger partial charge < -0.3 is 17.2 Å². The lowest BCUT2D eigenvalue weighted by atomic mass is 10.1. The van der Waals surface area contributed by atoms with Crippen LogP contribution in [0.15, 0.2) is 42.5 Å². The summed E-state index contributed by atoms with van der Waals surface area (Å²) in [6.07, 6.45) is 0.856. The van der Waals surface area contributed by atoms with Crippen LogP contribution in [0.3, 0.4) is 0 Å². The summed E-state index contributed by atoms with van der Waals surface area (Å²) < 4.78 is 0. The number of nitrogens with zero attached hydrogens (tertiary/aromatic N) is 1. The number of nitrogens with two attached hydrogens (primary N) is 3. The van der Waals surface area contributed by atoms with Crippen molar-refractivity contribution in [2.45, 2.75) is 13.3 Å². The molecule has 2 aromatic carbocycles. The molecule has 0 saturated heterocycles. The van der Waals surface area contributed by atoms with Crippen LogP contribution in [0.4, 0.5) is 22.7 Å². The number of anilines is 4. The molecule has 5 nitrogen and oxygen atoms in total. The second kappa shape index (κ2) is 6.97. The average Bonchev–Trinajstić information content (AvgIpc) is 2.49. The van der Waals surface area contributed by atoms with Crippen LogP contribution in [0.1, 0.15) is 12.5 Å². The highest BCUT2D eigenvalue weighted by molar-refractivity contribution is 5.76. The van der Waals surface area contributed by atoms with Crippen LogP contribution in [0.5, 0.6) is 0 Å². The minimum absolute atomic E-state index is 0.527. The standard InChI is InChI=1S/C16H22N4O/c1-2-21-20(16-11-13(18)5-8-15(16)19)14-6-3-12(4-7-14)9-10-17/h3-8,11H,2,9-10,17-19H2,1H3. The van der Waals surface area contributed by atoms with Crippen molar-refractivity contribution in [1.82, 2.24) is 0 Å². The zero-order valence-electron chi connectivity index (χ0n) is 12.3. The van der Waals surface area contributed by atoms with Gasteiger partial charge in [0, 0.05) is 5.69 Å². The van der Waals surface area contributed by atoms with Crippen LogP contribution in [-0.4, -0.2) is 13.2 Å². The van der Waals surface area contributed by atoms with Crippen LogP contribution in [-0.2, 0) is 11.3 Å². The summed E-state index contributed by atoms with van der Waals surface area (Å²) in [6.45, 7) is 3.09. The second-order valence-corrected chi connectivity index (χ2v) is 4.74. The zero-order valence-corrected chi connectivity index (χ0v) is 12.3. The molecular formula is C16H22N4O. The van der Waals surface area contributed by atoms with Gasteiger partial charge in [0.1, 0.15) is 0 Å². The van der Waals surface area contributed by atoms with Gasteiger partial charge in [-0.1, -0.05) is 12.1 Å². The molecule has 0 saturated carbocycles. The van der Waals surface area contributed by atoms with Crippen molar-refractivity contribution >= 4 is 22.7 Å². The summed E-state index contributed by atoms with van der Waals surface area (Å²) in [4.78, 5) is 5.72. The first-order valence-electron chi connectivity index (χ1n) is 7.02. The third-order valence-corrected chi connectivity index (χ3v) is 3.14. The lowest BCUT2D eigenvalue weighted by Gasteiger charge is -2.25. The Bertz CT molecular complexity index is 583. The quantitative estimate of drug-likeness (QED) is 0.560. The first kappa shape index (κ1) is 15.2. The fraction of sp³-hybridized carbons (Fsp3) is 0.250. The molecule has 0 aliphatic carbocycles. The van der Waals surface area contributed by atoms with E-state index in [2.05, 4.69) is 0 Å². The van der Waals surface area contributed by atoms with Gasteiger partial charge in [-0.3, -0.25) is 4.84 Å². The Morgan fingerprint density at radius 1 is 1.05 bits per heavy atom. The summed E-state index contributed by atoms with van der Waals surface area (Å²) in [6, 6.07) is 13.4. The van der Waals surface area contributed by atoms with Gasteiger partial charge in [-0.2, -0.15) is 0 Å². The smallest absolute Gasteiger partial charge is 0.0945 e. The minimum atomic E-state index is 0.527. The van der Waals surface area contributed by atoms with Crippen molar-refractivity contribution in [2.75, 3.05) is 29.7 Å². The largest absolute Gasteiger partial charge is 0.399 e. The van der Waals surface area contributed by atoms with Crippen LogP contribution in [0, 0.1) is 0 Å². The van der Waals surface area contributed by atoms with Crippen LogP contribution >= 0.6 is 0 Å². The van der Waals surface area contributed by atoms with E-state index in [0.717, 1.165) is 17.8 Å². The minimum Gasteiger partial charge on any atom is -0.399 e. The number of hydrogen-bond donors (Lipinski definition) is 3. The number of rotatable bonds is 6. The first-order chi connectivity index (χ1) is 10.2. The topological polar surface area (TPSA) is 90.5 Å². The second-order valence-electron chi connectivity index (χ2n) is 4.74. The maximum absolute atomic E-state index is 6.04. The van der Waals surface area contributed by atoms with E-state index in [9.17, 15) is 0 Å². The molecule has 5 heteroatoms. The van der Waals surface area contributed by atoms with Crippen LogP contribution in [0.2, 0.25) is 0 Å². The molecule has 2 aromatic rings. The molecule has 0 aliphatic rings. The molecular weight excluding hydrogens is 264 g/mol. The monoisotopic (exact) mass is 286 g/mol. The maximum atomic E-state index is 6.04. The van der Waals surface area contributed by atoms with Gasteiger partial charge in [-0.15, -0.1) is 0 Å². The van der Waals surface area contributed by atoms with E-state index in [0.29, 0.717) is 24.5 Å². The molecule has 0 bridgehead atoms. The van der Waals surface area contributed by atoms with Gasteiger partial charge >= 0.3 is 0 Å². The van der Waals surface area contributed by atoms with Crippen molar-refractivity contribution in [2.24, 2.45) is 5.73 Å². The summed E-state index contributed by atoms with van der Waals surface area (Å²) in [7, 11) is 0. The molecule has 21 heavy (non-hydrogen) atoms. The highest BCUT2D eigenvalue weighted by Crippen LogP contribution is 2.32. The third kappa shape index (κ3) is 3.65. The van der Waals surface area contributed by atoms with E-state index in [1.807, 2.05) is 31.2 Å². The SMILES string of the molecule is CCON(c1ccc(CCN)cc1)c1cc(N)ccc1N. The molecule has 0 spiro atoms. The predicted octanol–water partition coefficient (Wildman–Crippen LogP) is 2.44. The molecule has 112 valence electrons. The van der Waals surface area contributed by atoms with Crippen molar-refractivity contribution in [3.05, 3.63) is 48.0 Å². The lowest BCUT2D eigenvalue weighted by Crippen LogP contribution is -2.19. The van der Waals surface area contributed by atoms with E-state index in [-0.39, 0.29) is 0 Å². The summed E-state index contributed by atoms with van der Waals surface area (Å²) in [5.74, 6) is 0. The van der Waals surface area contributed by atoms with Crippen molar-refractivity contribution in [3.8, 4) is 0 Å². The van der Waals surface area contributed by atoms with Gasteiger partial charge in [-0.05, 0) is 55.8 Å². The summed E-state index contributed by atoms with van der Waals surface area (Å²) in [5, 5.41) is 1.71. The zero-order chi connectivity index (χ0) is 15.2. The van der Waals surface area contributed by atoms with E-state index in [4.69, 9.17) is 22.0 Å². The predicted molar refractivity (Wildman–Crippen MR) is 88.2 cm³/mol. The molecule has 0 unspecified atom stereocenters. The molecule has 0 aliphatic heterocycles. The molecule has 6 N–H and O–H groups in total. The van der Waals surface area contributed by atoms with E-state index < -0.39 is 0 Å². The third-order valence-electron chi connectivity index (χ3n) is 3.14. The fourth-order valence-corrected chi connectivity index (χ4v) is 2.11. The van der Waals surface area contributed by atoms with Gasteiger partial charge in [0.25, 0.3) is 0 Å². The average molecular weight is 286 g/mol. The van der Waals surface area contributed by atoms with E-state index in [1.54, 1.807) is 23.3 Å². The summed E-state index contributed by atoms with van der Waals surface area (Å²) in [5.41, 5.74) is 21.5. The van der Waals surface area contributed by atoms with Gasteiger partial charge in [-0.25, -0.2) is 5.06 Å². The van der Waals surface area contributed by atoms with Gasteiger partial charge in [0.15, 0.2) is 0 Å². The molecule has 0 radical (unpaired) electrons. The Morgan fingerprint density at radius 2 is 1.76 bits per heavy atom. The van der Waals surface area contributed by atoms with Gasteiger partial charge in [0.05, 0.1) is 23.7 Å². The Balaban J connectivity index is 2.35. The molecule has 0 heterocycles. The molecule has 2 rings (SSSR count). The summed E-state index contributed by atoms with van der Waals surface area (Å²) >= 11 is 0. The Morgan fingerprint density at radius 3 is 2.38 bits per heavy atom. The van der Waals surface area contributed by atoms with Crippen LogP contribution in [0.25, 0.3) is 0 Å². The molecule has 0 atom stereocenters. The Hall–Kier alpha value is -2.24. The molecule has 0 amide bonds. The maximum Gasteiger partial charge on any atom is 0.0945 e. The van der Waals surface area contributed by atoms with Crippen LogP contribution < -0.4 is 22.3 Å². The first-order valence-corrected chi connectivity index (χ1v) is 7.02. The molecule has 0 fully saturated rings. The van der Waals surface area contributed by atoms with E-state index >= 15 is 0 Å². The number of nitrogen functional groups attached to an aromatic ring is 2.